The lowest BCUT2D eigenvalue weighted by atomic mass is 10.0. The van der Waals surface area contributed by atoms with Crippen molar-refractivity contribution in [3.8, 4) is 0 Å². The molecule has 46 heavy (non-hydrogen) atoms. The molecule has 1 fully saturated rings. The average molecular weight is 625 g/mol. The number of esters is 3. The Kier molecular flexibility index (Phi) is 8.39. The predicted molar refractivity (Wildman–Crippen MR) is 159 cm³/mol. The van der Waals surface area contributed by atoms with E-state index in [0.717, 1.165) is 10.6 Å². The molecule has 2 heterocycles. The van der Waals surface area contributed by atoms with Crippen molar-refractivity contribution in [3.05, 3.63) is 147 Å². The minimum absolute atomic E-state index is 0.0780. The monoisotopic (exact) mass is 624 g/mol. The molecule has 6 rings (SSSR count). The predicted octanol–water partition coefficient (Wildman–Crippen LogP) is 4.71. The van der Waals surface area contributed by atoms with Gasteiger partial charge >= 0.3 is 23.7 Å². The van der Waals surface area contributed by atoms with Crippen molar-refractivity contribution in [2.24, 2.45) is 0 Å². The van der Waals surface area contributed by atoms with Crippen LogP contribution in [0.4, 0.5) is 5.69 Å². The van der Waals surface area contributed by atoms with Gasteiger partial charge in [-0.3, -0.25) is 10.1 Å². The van der Waals surface area contributed by atoms with Crippen LogP contribution in [0.1, 0.15) is 37.3 Å². The molecule has 0 unspecified atom stereocenters. The number of hydrogen-bond donors (Lipinski definition) is 0. The summed E-state index contributed by atoms with van der Waals surface area (Å²) in [6.07, 6.45) is -5.87. The van der Waals surface area contributed by atoms with Gasteiger partial charge in [0.15, 0.2) is 30.1 Å². The van der Waals surface area contributed by atoms with Gasteiger partial charge < -0.3 is 23.4 Å². The minimum atomic E-state index is -1.59. The molecule has 13 nitrogen and oxygen atoms in total. The van der Waals surface area contributed by atoms with E-state index in [4.69, 9.17) is 23.4 Å². The number of hydrogen-bond acceptors (Lipinski definition) is 11. The number of nitro groups is 1. The second-order valence-corrected chi connectivity index (χ2v) is 10.2. The summed E-state index contributed by atoms with van der Waals surface area (Å²) in [6, 6.07) is 27.5. The molecule has 0 radical (unpaired) electrons. The molecule has 4 atom stereocenters. The van der Waals surface area contributed by atoms with Crippen LogP contribution in [0.25, 0.3) is 11.1 Å². The lowest BCUT2D eigenvalue weighted by Gasteiger charge is -2.40. The maximum absolute atomic E-state index is 13.4. The molecule has 0 bridgehead atoms. The first kappa shape index (κ1) is 30.0. The van der Waals surface area contributed by atoms with Crippen LogP contribution in [0, 0.1) is 10.1 Å². The van der Waals surface area contributed by atoms with E-state index in [1.54, 1.807) is 54.6 Å². The molecule has 1 aromatic heterocycles. The number of non-ortho nitro benzene ring substituents is 1. The van der Waals surface area contributed by atoms with Crippen molar-refractivity contribution in [1.82, 2.24) is 4.57 Å². The molecule has 1 aliphatic heterocycles. The Balaban J connectivity index is 1.44. The molecule has 0 saturated carbocycles. The molecule has 0 spiro atoms. The van der Waals surface area contributed by atoms with E-state index < -0.39 is 59.7 Å². The standard InChI is InChI=1S/C33H24N2O11/c36-30(20-10-4-1-5-11-20)43-26-19-42-29(34-24-17-16-23(35(40)41)18-25(24)44-33(34)39)28(46-32(38)22-14-8-3-9-15-22)27(26)45-31(37)21-12-6-2-7-13-21/h1-18,26-29H,19H2/t26-,27+,28+,29-/m0/s1. The van der Waals surface area contributed by atoms with E-state index in [-0.39, 0.29) is 33.5 Å². The zero-order chi connectivity index (χ0) is 32.2. The van der Waals surface area contributed by atoms with Crippen LogP contribution >= 0.6 is 0 Å². The van der Waals surface area contributed by atoms with Gasteiger partial charge in [-0.05, 0) is 42.5 Å². The summed E-state index contributed by atoms with van der Waals surface area (Å²) >= 11 is 0. The maximum Gasteiger partial charge on any atom is 0.422 e. The molecule has 1 aliphatic rings. The summed E-state index contributed by atoms with van der Waals surface area (Å²) < 4.78 is 29.9. The van der Waals surface area contributed by atoms with E-state index in [9.17, 15) is 29.3 Å². The average Bonchev–Trinajstić information content (AvgIpc) is 3.41. The normalized spacial score (nSPS) is 19.2. The zero-order valence-corrected chi connectivity index (χ0v) is 23.8. The Bertz CT molecular complexity index is 1960. The van der Waals surface area contributed by atoms with Crippen molar-refractivity contribution in [1.29, 1.82) is 0 Å². The first-order chi connectivity index (χ1) is 22.3. The number of aromatic nitrogens is 1. The largest absolute Gasteiger partial charge is 0.452 e. The number of benzene rings is 4. The van der Waals surface area contributed by atoms with Crippen LogP contribution in [0.3, 0.4) is 0 Å². The number of nitrogens with zero attached hydrogens (tertiary/aromatic N) is 2. The molecule has 0 amide bonds. The molecule has 0 aliphatic carbocycles. The van der Waals surface area contributed by atoms with Crippen LogP contribution < -0.4 is 5.76 Å². The van der Waals surface area contributed by atoms with Crippen LogP contribution in [-0.4, -0.2) is 52.3 Å². The molecule has 232 valence electrons. The maximum atomic E-state index is 13.4. The van der Waals surface area contributed by atoms with Crippen molar-refractivity contribution < 1.29 is 42.7 Å². The Morgan fingerprint density at radius 2 is 1.22 bits per heavy atom. The lowest BCUT2D eigenvalue weighted by Crippen LogP contribution is -2.56. The number of rotatable bonds is 8. The first-order valence-corrected chi connectivity index (χ1v) is 14.0. The molecule has 0 N–H and O–H groups in total. The van der Waals surface area contributed by atoms with Gasteiger partial charge in [0.25, 0.3) is 5.69 Å². The third-order valence-corrected chi connectivity index (χ3v) is 7.24. The Morgan fingerprint density at radius 3 is 1.74 bits per heavy atom. The van der Waals surface area contributed by atoms with Gasteiger partial charge in [-0.15, -0.1) is 0 Å². The highest BCUT2D eigenvalue weighted by atomic mass is 16.7. The lowest BCUT2D eigenvalue weighted by molar-refractivity contribution is -0.384. The first-order valence-electron chi connectivity index (χ1n) is 14.0. The van der Waals surface area contributed by atoms with E-state index in [0.29, 0.717) is 0 Å². The van der Waals surface area contributed by atoms with Crippen molar-refractivity contribution >= 4 is 34.7 Å². The van der Waals surface area contributed by atoms with Crippen LogP contribution in [0.15, 0.2) is 118 Å². The fraction of sp³-hybridized carbons (Fsp3) is 0.152. The summed E-state index contributed by atoms with van der Waals surface area (Å²) in [4.78, 5) is 63.9. The molecular formula is C33H24N2O11. The van der Waals surface area contributed by atoms with Gasteiger partial charge in [0, 0.05) is 6.07 Å². The number of carbonyl (C=O) groups is 3. The minimum Gasteiger partial charge on any atom is -0.452 e. The van der Waals surface area contributed by atoms with Crippen LogP contribution in [0.2, 0.25) is 0 Å². The number of oxazole rings is 1. The van der Waals surface area contributed by atoms with Crippen LogP contribution in [-0.2, 0) is 18.9 Å². The van der Waals surface area contributed by atoms with E-state index in [2.05, 4.69) is 0 Å². The van der Waals surface area contributed by atoms with Gasteiger partial charge in [-0.1, -0.05) is 54.6 Å². The highest BCUT2D eigenvalue weighted by Crippen LogP contribution is 2.34. The summed E-state index contributed by atoms with van der Waals surface area (Å²) in [5, 5.41) is 11.3. The fourth-order valence-electron chi connectivity index (χ4n) is 5.04. The number of ether oxygens (including phenoxy) is 4. The van der Waals surface area contributed by atoms with Crippen molar-refractivity contribution in [3.63, 3.8) is 0 Å². The van der Waals surface area contributed by atoms with Crippen molar-refractivity contribution in [2.45, 2.75) is 24.5 Å². The third kappa shape index (κ3) is 6.12. The fourth-order valence-corrected chi connectivity index (χ4v) is 5.04. The van der Waals surface area contributed by atoms with Gasteiger partial charge in [0.2, 0.25) is 0 Å². The summed E-state index contributed by atoms with van der Waals surface area (Å²) in [7, 11) is 0. The molecule has 13 heteroatoms. The Labute approximate surface area is 259 Å². The van der Waals surface area contributed by atoms with Crippen LogP contribution in [0.5, 0.6) is 0 Å². The molecule has 1 saturated heterocycles. The van der Waals surface area contributed by atoms with E-state index in [1.165, 1.54) is 48.5 Å². The van der Waals surface area contributed by atoms with Gasteiger partial charge in [0.05, 0.1) is 39.8 Å². The number of carbonyl (C=O) groups excluding carboxylic acids is 3. The second-order valence-electron chi connectivity index (χ2n) is 10.2. The quantitative estimate of drug-likeness (QED) is 0.102. The molecule has 5 aromatic rings. The van der Waals surface area contributed by atoms with E-state index >= 15 is 0 Å². The SMILES string of the molecule is O=C(O[C@@H]1[C@H](OC(=O)c2ccccc2)[C@@H](OC(=O)c2ccccc2)CO[C@@H]1n1c(=O)oc2cc([N+](=O)[O-])ccc21)c1ccccc1. The van der Waals surface area contributed by atoms with Gasteiger partial charge in [-0.2, -0.15) is 0 Å². The molecular weight excluding hydrogens is 600 g/mol. The summed E-state index contributed by atoms with van der Waals surface area (Å²) in [5.74, 6) is -3.44. The van der Waals surface area contributed by atoms with Crippen molar-refractivity contribution in [2.75, 3.05) is 6.61 Å². The summed E-state index contributed by atoms with van der Waals surface area (Å²) in [6.45, 7) is -0.401. The smallest absolute Gasteiger partial charge is 0.422 e. The number of fused-ring (bicyclic) bond motifs is 1. The third-order valence-electron chi connectivity index (χ3n) is 7.24. The highest BCUT2D eigenvalue weighted by Gasteiger charge is 2.50. The zero-order valence-electron chi connectivity index (χ0n) is 23.8. The summed E-state index contributed by atoms with van der Waals surface area (Å²) in [5.41, 5.74) is 0.116. The van der Waals surface area contributed by atoms with Gasteiger partial charge in [-0.25, -0.2) is 23.7 Å². The van der Waals surface area contributed by atoms with Gasteiger partial charge in [0.1, 0.15) is 0 Å². The Hall–Kier alpha value is -6.08. The van der Waals surface area contributed by atoms with E-state index in [1.807, 2.05) is 0 Å². The topological polar surface area (TPSA) is 166 Å². The molecule has 4 aromatic carbocycles. The second kappa shape index (κ2) is 12.9. The highest BCUT2D eigenvalue weighted by molar-refractivity contribution is 5.91. The number of nitro benzene ring substituents is 1. The Morgan fingerprint density at radius 1 is 0.717 bits per heavy atom.